The first-order chi connectivity index (χ1) is 15.3. The van der Waals surface area contributed by atoms with Crippen molar-refractivity contribution >= 4 is 18.0 Å². The highest BCUT2D eigenvalue weighted by Crippen LogP contribution is 2.42. The third kappa shape index (κ3) is 3.80. The van der Waals surface area contributed by atoms with Gasteiger partial charge in [0, 0.05) is 10.7 Å². The van der Waals surface area contributed by atoms with Crippen LogP contribution in [0, 0.1) is 10.8 Å². The highest BCUT2D eigenvalue weighted by atomic mass is 16.5. The Hall–Kier alpha value is -3.79. The summed E-state index contributed by atoms with van der Waals surface area (Å²) in [6.07, 6.45) is -1.73. The van der Waals surface area contributed by atoms with Crippen LogP contribution in [0.3, 0.4) is 0 Å². The SMILES string of the molecule is COC(=O)C1[C@H](Cc2ccccc2)C(=O)[N@+]1(Cc1ccc(OC)cc1OC)[N+](=O)C(=O)O. The van der Waals surface area contributed by atoms with Gasteiger partial charge in [-0.15, -0.1) is 0 Å². The van der Waals surface area contributed by atoms with E-state index in [4.69, 9.17) is 14.2 Å². The van der Waals surface area contributed by atoms with E-state index < -0.39 is 41.1 Å². The first kappa shape index (κ1) is 22.9. The molecule has 0 spiro atoms. The van der Waals surface area contributed by atoms with Crippen molar-refractivity contribution in [3.8, 4) is 11.5 Å². The topological polar surface area (TPSA) is 119 Å². The summed E-state index contributed by atoms with van der Waals surface area (Å²) < 4.78 is 14.1. The number of carbonyl (C=O) groups excluding carboxylic acids is 2. The van der Waals surface area contributed by atoms with Gasteiger partial charge in [-0.1, -0.05) is 30.3 Å². The number of β-lactam (4-membered cyclic amide) rings is 1. The largest absolute Gasteiger partial charge is 0.703 e. The van der Waals surface area contributed by atoms with Gasteiger partial charge in [0.2, 0.25) is 0 Å². The van der Waals surface area contributed by atoms with Gasteiger partial charge in [0.05, 0.1) is 31.8 Å². The minimum absolute atomic E-state index is 0.159. The molecule has 2 amide bonds. The molecular weight excluding hydrogens is 420 g/mol. The average molecular weight is 444 g/mol. The molecule has 1 saturated heterocycles. The summed E-state index contributed by atoms with van der Waals surface area (Å²) in [7, 11) is 3.98. The summed E-state index contributed by atoms with van der Waals surface area (Å²) >= 11 is 0. The third-order valence-corrected chi connectivity index (χ3v) is 5.67. The molecule has 0 radical (unpaired) electrons. The molecule has 32 heavy (non-hydrogen) atoms. The first-order valence-corrected chi connectivity index (χ1v) is 9.75. The minimum atomic E-state index is -1.89. The fourth-order valence-electron chi connectivity index (χ4n) is 4.14. The number of methoxy groups -OCH3 is 3. The minimum Gasteiger partial charge on any atom is -0.497 e. The van der Waals surface area contributed by atoms with Gasteiger partial charge in [-0.25, -0.2) is 9.59 Å². The molecule has 0 bridgehead atoms. The number of hydrogen-bond donors (Lipinski definition) is 1. The molecule has 1 unspecified atom stereocenters. The van der Waals surface area contributed by atoms with Crippen molar-refractivity contribution in [2.24, 2.45) is 5.92 Å². The molecule has 10 nitrogen and oxygen atoms in total. The number of rotatable bonds is 8. The molecule has 1 aliphatic heterocycles. The van der Waals surface area contributed by atoms with Crippen LogP contribution >= 0.6 is 0 Å². The van der Waals surface area contributed by atoms with Gasteiger partial charge in [0.25, 0.3) is 6.04 Å². The van der Waals surface area contributed by atoms with E-state index in [9.17, 15) is 24.4 Å². The van der Waals surface area contributed by atoms with Crippen LogP contribution in [0.2, 0.25) is 0 Å². The quantitative estimate of drug-likeness (QED) is 0.285. The van der Waals surface area contributed by atoms with Crippen LogP contribution < -0.4 is 9.47 Å². The zero-order valence-corrected chi connectivity index (χ0v) is 17.9. The van der Waals surface area contributed by atoms with Crippen LogP contribution in [-0.2, 0) is 27.3 Å². The van der Waals surface area contributed by atoms with E-state index in [1.54, 1.807) is 42.5 Å². The fraction of sp³-hybridized carbons (Fsp3) is 0.318. The first-order valence-electron chi connectivity index (χ1n) is 9.75. The lowest BCUT2D eigenvalue weighted by atomic mass is 9.80. The number of carboxylic acid groups (broad SMARTS) is 1. The molecular formula is C22H24N2O8+2. The number of nitrogens with zero attached hydrogens (tertiary/aromatic N) is 2. The summed E-state index contributed by atoms with van der Waals surface area (Å²) in [6, 6.07) is 12.3. The molecule has 1 aliphatic rings. The van der Waals surface area contributed by atoms with E-state index in [-0.39, 0.29) is 17.0 Å². The Bertz CT molecular complexity index is 1060. The molecule has 10 heteroatoms. The Labute approximate surface area is 184 Å². The maximum absolute atomic E-state index is 13.4. The molecule has 0 aromatic heterocycles. The molecule has 3 rings (SSSR count). The lowest BCUT2D eigenvalue weighted by Gasteiger charge is -2.41. The van der Waals surface area contributed by atoms with Crippen molar-refractivity contribution in [2.75, 3.05) is 21.3 Å². The molecule has 3 atom stereocenters. The molecule has 168 valence electrons. The number of hydrogen-bond acceptors (Lipinski definition) is 7. The van der Waals surface area contributed by atoms with Crippen molar-refractivity contribution in [2.45, 2.75) is 19.0 Å². The summed E-state index contributed by atoms with van der Waals surface area (Å²) in [6.45, 7) is -0.410. The van der Waals surface area contributed by atoms with E-state index in [1.165, 1.54) is 14.2 Å². The van der Waals surface area contributed by atoms with Crippen LogP contribution in [0.4, 0.5) is 4.79 Å². The van der Waals surface area contributed by atoms with Crippen molar-refractivity contribution < 1.29 is 43.2 Å². The second-order valence-corrected chi connectivity index (χ2v) is 7.32. The van der Waals surface area contributed by atoms with Crippen LogP contribution in [0.5, 0.6) is 11.5 Å². The summed E-state index contributed by atoms with van der Waals surface area (Å²) in [5.41, 5.74) is 1.13. The lowest BCUT2D eigenvalue weighted by molar-refractivity contribution is -1.30. The second kappa shape index (κ2) is 9.15. The summed E-state index contributed by atoms with van der Waals surface area (Å²) in [5.74, 6) is -1.72. The molecule has 1 heterocycles. The summed E-state index contributed by atoms with van der Waals surface area (Å²) in [4.78, 5) is 50.2. The maximum atomic E-state index is 13.4. The normalized spacial score (nSPS) is 21.9. The Morgan fingerprint density at radius 2 is 1.75 bits per heavy atom. The summed E-state index contributed by atoms with van der Waals surface area (Å²) in [5, 5.41) is 9.48. The van der Waals surface area contributed by atoms with Crippen LogP contribution in [-0.4, -0.2) is 59.9 Å². The number of ether oxygens (including phenoxy) is 3. The van der Waals surface area contributed by atoms with Gasteiger partial charge in [-0.2, -0.15) is 4.79 Å². The van der Waals surface area contributed by atoms with Crippen LogP contribution in [0.15, 0.2) is 48.5 Å². The predicted molar refractivity (Wildman–Crippen MR) is 110 cm³/mol. The van der Waals surface area contributed by atoms with Gasteiger partial charge in [-0.05, 0) is 24.1 Å². The van der Waals surface area contributed by atoms with Gasteiger partial charge < -0.3 is 19.3 Å². The molecule has 0 aliphatic carbocycles. The van der Waals surface area contributed by atoms with Gasteiger partial charge in [0.15, 0.2) is 12.5 Å². The number of esters is 1. The van der Waals surface area contributed by atoms with Crippen molar-refractivity contribution in [1.82, 2.24) is 0 Å². The Morgan fingerprint density at radius 1 is 1.06 bits per heavy atom. The lowest BCUT2D eigenvalue weighted by Crippen LogP contribution is -2.80. The highest BCUT2D eigenvalue weighted by Gasteiger charge is 2.79. The molecule has 2 aromatic carbocycles. The Morgan fingerprint density at radius 3 is 2.31 bits per heavy atom. The van der Waals surface area contributed by atoms with E-state index >= 15 is 0 Å². The zero-order valence-electron chi connectivity index (χ0n) is 17.9. The predicted octanol–water partition coefficient (Wildman–Crippen LogP) is 2.33. The highest BCUT2D eigenvalue weighted by molar-refractivity contribution is 5.91. The van der Waals surface area contributed by atoms with Crippen molar-refractivity contribution in [1.29, 1.82) is 0 Å². The Kier molecular flexibility index (Phi) is 6.54. The number of carbonyl (C=O) groups is 3. The molecule has 1 N–H and O–H groups in total. The molecule has 0 saturated carbocycles. The number of nitroso groups, excluding NO2 is 1. The molecule has 2 aromatic rings. The standard InChI is InChI=1S/C22H23N2O8/c1-30-16-10-9-15(18(12-16)31-2)13-24(23(29)22(27)28)19(21(26)32-3)17(20(24)25)11-14-7-5-4-6-8-14/h4-10,12,17,19H,11,13H2,1-3H3/q+1/p+1/t17-,19?,24+/m0/s1. The smallest absolute Gasteiger partial charge is 0.497 e. The van der Waals surface area contributed by atoms with Crippen LogP contribution in [0.1, 0.15) is 11.1 Å². The monoisotopic (exact) mass is 444 g/mol. The van der Waals surface area contributed by atoms with Crippen molar-refractivity contribution in [3.63, 3.8) is 0 Å². The number of amides is 2. The Balaban J connectivity index is 2.08. The van der Waals surface area contributed by atoms with Gasteiger partial charge >= 0.3 is 22.8 Å². The average Bonchev–Trinajstić information content (AvgIpc) is 2.82. The number of quaternary nitrogens is 1. The van der Waals surface area contributed by atoms with E-state index in [2.05, 4.69) is 0 Å². The maximum Gasteiger partial charge on any atom is 0.703 e. The van der Waals surface area contributed by atoms with Crippen molar-refractivity contribution in [3.05, 3.63) is 64.6 Å². The molecule has 1 fully saturated rings. The van der Waals surface area contributed by atoms with Gasteiger partial charge in [0.1, 0.15) is 11.5 Å². The zero-order chi connectivity index (χ0) is 23.5. The van der Waals surface area contributed by atoms with E-state index in [1.807, 2.05) is 6.07 Å². The number of likely N-dealkylation sites (tertiary alicyclic amines) is 1. The third-order valence-electron chi connectivity index (χ3n) is 5.67. The van der Waals surface area contributed by atoms with E-state index in [0.717, 1.165) is 12.7 Å². The number of benzene rings is 2. The van der Waals surface area contributed by atoms with E-state index in [0.29, 0.717) is 11.3 Å². The van der Waals surface area contributed by atoms with Crippen LogP contribution in [0.25, 0.3) is 0 Å². The second-order valence-electron chi connectivity index (χ2n) is 7.32. The fourth-order valence-corrected chi connectivity index (χ4v) is 4.14. The van der Waals surface area contributed by atoms with Gasteiger partial charge in [-0.3, -0.25) is 0 Å².